The first-order chi connectivity index (χ1) is 8.86. The Morgan fingerprint density at radius 3 is 2.37 bits per heavy atom. The van der Waals surface area contributed by atoms with Gasteiger partial charge >= 0.3 is 6.18 Å². The second-order valence-corrected chi connectivity index (χ2v) is 5.16. The maximum absolute atomic E-state index is 12.4. The molecule has 0 saturated heterocycles. The first kappa shape index (κ1) is 13.7. The molecule has 0 spiro atoms. The third-order valence-electron chi connectivity index (χ3n) is 2.54. The molecule has 0 aliphatic heterocycles. The van der Waals surface area contributed by atoms with Gasteiger partial charge in [-0.3, -0.25) is 4.79 Å². The normalized spacial score (nSPS) is 11.6. The fourth-order valence-corrected chi connectivity index (χ4v) is 2.39. The Morgan fingerprint density at radius 2 is 1.89 bits per heavy atom. The standard InChI is InChI=1S/C13H10F3NOS/c1-8(18)11-7-17-12(19-11)6-9-2-4-10(5-3-9)13(14,15)16/h2-5,7H,6H2,1H3. The zero-order valence-corrected chi connectivity index (χ0v) is 10.8. The van der Waals surface area contributed by atoms with Gasteiger partial charge in [-0.2, -0.15) is 13.2 Å². The van der Waals surface area contributed by atoms with Crippen LogP contribution in [-0.2, 0) is 12.6 Å². The number of Topliss-reactive ketones (excluding diaryl/α,β-unsaturated/α-hetero) is 1. The number of rotatable bonds is 3. The fraction of sp³-hybridized carbons (Fsp3) is 0.231. The Hall–Kier alpha value is -1.69. The summed E-state index contributed by atoms with van der Waals surface area (Å²) in [5.41, 5.74) is 0.0669. The number of aromatic nitrogens is 1. The summed E-state index contributed by atoms with van der Waals surface area (Å²) in [5.74, 6) is -0.0591. The number of hydrogen-bond donors (Lipinski definition) is 0. The van der Waals surface area contributed by atoms with Crippen LogP contribution in [0, 0.1) is 0 Å². The van der Waals surface area contributed by atoms with Crippen molar-refractivity contribution in [2.24, 2.45) is 0 Å². The minimum Gasteiger partial charge on any atom is -0.294 e. The summed E-state index contributed by atoms with van der Waals surface area (Å²) < 4.78 is 37.2. The van der Waals surface area contributed by atoms with E-state index in [2.05, 4.69) is 4.98 Å². The van der Waals surface area contributed by atoms with Gasteiger partial charge in [-0.1, -0.05) is 12.1 Å². The average Bonchev–Trinajstić information content (AvgIpc) is 2.77. The lowest BCUT2D eigenvalue weighted by Crippen LogP contribution is -2.04. The van der Waals surface area contributed by atoms with E-state index < -0.39 is 11.7 Å². The predicted molar refractivity (Wildman–Crippen MR) is 66.4 cm³/mol. The number of halogens is 3. The van der Waals surface area contributed by atoms with Crippen LogP contribution in [0.4, 0.5) is 13.2 Å². The fourth-order valence-electron chi connectivity index (χ4n) is 1.54. The number of benzene rings is 1. The largest absolute Gasteiger partial charge is 0.416 e. The van der Waals surface area contributed by atoms with Crippen LogP contribution in [0.25, 0.3) is 0 Å². The number of alkyl halides is 3. The highest BCUT2D eigenvalue weighted by atomic mass is 32.1. The van der Waals surface area contributed by atoms with Crippen LogP contribution >= 0.6 is 11.3 Å². The Morgan fingerprint density at radius 1 is 1.26 bits per heavy atom. The highest BCUT2D eigenvalue weighted by Gasteiger charge is 2.29. The van der Waals surface area contributed by atoms with Crippen molar-refractivity contribution in [3.05, 3.63) is 51.5 Å². The summed E-state index contributed by atoms with van der Waals surface area (Å²) in [6.07, 6.45) is -2.40. The van der Waals surface area contributed by atoms with Gasteiger partial charge in [0.05, 0.1) is 15.4 Å². The first-order valence-electron chi connectivity index (χ1n) is 5.48. The van der Waals surface area contributed by atoms with Gasteiger partial charge in [0, 0.05) is 19.5 Å². The van der Waals surface area contributed by atoms with Crippen LogP contribution in [0.5, 0.6) is 0 Å². The third kappa shape index (κ3) is 3.41. The SMILES string of the molecule is CC(=O)c1cnc(Cc2ccc(C(F)(F)F)cc2)s1. The minimum atomic E-state index is -4.32. The van der Waals surface area contributed by atoms with Gasteiger partial charge in [0.2, 0.25) is 0 Å². The van der Waals surface area contributed by atoms with Crippen LogP contribution in [0.2, 0.25) is 0 Å². The number of carbonyl (C=O) groups is 1. The monoisotopic (exact) mass is 285 g/mol. The van der Waals surface area contributed by atoms with Crippen LogP contribution in [-0.4, -0.2) is 10.8 Å². The molecule has 6 heteroatoms. The molecule has 0 fully saturated rings. The van der Waals surface area contributed by atoms with Gasteiger partial charge in [0.15, 0.2) is 5.78 Å². The van der Waals surface area contributed by atoms with Crippen molar-refractivity contribution in [2.75, 3.05) is 0 Å². The summed E-state index contributed by atoms with van der Waals surface area (Å²) in [6.45, 7) is 1.45. The van der Waals surface area contributed by atoms with Crippen molar-refractivity contribution < 1.29 is 18.0 Å². The maximum Gasteiger partial charge on any atom is 0.416 e. The molecule has 1 aromatic carbocycles. The quantitative estimate of drug-likeness (QED) is 0.799. The molecular weight excluding hydrogens is 275 g/mol. The molecule has 2 nitrogen and oxygen atoms in total. The molecule has 0 aliphatic carbocycles. The van der Waals surface area contributed by atoms with E-state index >= 15 is 0 Å². The molecular formula is C13H10F3NOS. The number of hydrogen-bond acceptors (Lipinski definition) is 3. The molecule has 19 heavy (non-hydrogen) atoms. The lowest BCUT2D eigenvalue weighted by Gasteiger charge is -2.06. The Bertz CT molecular complexity index is 587. The van der Waals surface area contributed by atoms with E-state index in [9.17, 15) is 18.0 Å². The molecule has 0 radical (unpaired) electrons. The number of thiazole rings is 1. The van der Waals surface area contributed by atoms with Crippen molar-refractivity contribution in [1.29, 1.82) is 0 Å². The lowest BCUT2D eigenvalue weighted by atomic mass is 10.1. The van der Waals surface area contributed by atoms with E-state index in [4.69, 9.17) is 0 Å². The Labute approximate surface area is 111 Å². The molecule has 0 N–H and O–H groups in total. The minimum absolute atomic E-state index is 0.0591. The molecule has 2 rings (SSSR count). The first-order valence-corrected chi connectivity index (χ1v) is 6.29. The maximum atomic E-state index is 12.4. The molecule has 0 aliphatic rings. The average molecular weight is 285 g/mol. The second kappa shape index (κ2) is 5.13. The van der Waals surface area contributed by atoms with Crippen molar-refractivity contribution in [3.63, 3.8) is 0 Å². The zero-order valence-electron chi connectivity index (χ0n) is 9.99. The summed E-state index contributed by atoms with van der Waals surface area (Å²) in [7, 11) is 0. The summed E-state index contributed by atoms with van der Waals surface area (Å²) >= 11 is 1.26. The smallest absolute Gasteiger partial charge is 0.294 e. The molecule has 1 aromatic heterocycles. The van der Waals surface area contributed by atoms with Gasteiger partial charge in [0.1, 0.15) is 0 Å². The topological polar surface area (TPSA) is 30.0 Å². The van der Waals surface area contributed by atoms with Crippen LogP contribution < -0.4 is 0 Å². The Balaban J connectivity index is 2.13. The second-order valence-electron chi connectivity index (χ2n) is 4.05. The van der Waals surface area contributed by atoms with Crippen LogP contribution in [0.3, 0.4) is 0 Å². The molecule has 2 aromatic rings. The van der Waals surface area contributed by atoms with Crippen molar-refractivity contribution in [1.82, 2.24) is 4.98 Å². The van der Waals surface area contributed by atoms with E-state index in [0.29, 0.717) is 16.3 Å². The molecule has 0 unspecified atom stereocenters. The van der Waals surface area contributed by atoms with Gasteiger partial charge in [-0.15, -0.1) is 11.3 Å². The lowest BCUT2D eigenvalue weighted by molar-refractivity contribution is -0.137. The van der Waals surface area contributed by atoms with Crippen LogP contribution in [0.15, 0.2) is 30.5 Å². The summed E-state index contributed by atoms with van der Waals surface area (Å²) in [5, 5.41) is 0.713. The van der Waals surface area contributed by atoms with E-state index in [1.54, 1.807) is 0 Å². The van der Waals surface area contributed by atoms with E-state index in [0.717, 1.165) is 17.7 Å². The van der Waals surface area contributed by atoms with E-state index in [1.165, 1.54) is 36.6 Å². The van der Waals surface area contributed by atoms with E-state index in [1.807, 2.05) is 0 Å². The molecule has 1 heterocycles. The summed E-state index contributed by atoms with van der Waals surface area (Å²) in [6, 6.07) is 4.96. The highest BCUT2D eigenvalue weighted by molar-refractivity contribution is 7.13. The van der Waals surface area contributed by atoms with Gasteiger partial charge in [0.25, 0.3) is 0 Å². The Kier molecular flexibility index (Phi) is 3.71. The van der Waals surface area contributed by atoms with Gasteiger partial charge < -0.3 is 0 Å². The van der Waals surface area contributed by atoms with E-state index in [-0.39, 0.29) is 5.78 Å². The third-order valence-corrected chi connectivity index (χ3v) is 3.64. The number of ketones is 1. The number of carbonyl (C=O) groups excluding carboxylic acids is 1. The van der Waals surface area contributed by atoms with Gasteiger partial charge in [-0.25, -0.2) is 4.98 Å². The predicted octanol–water partition coefficient (Wildman–Crippen LogP) is 3.96. The summed E-state index contributed by atoms with van der Waals surface area (Å²) in [4.78, 5) is 15.7. The van der Waals surface area contributed by atoms with Crippen molar-refractivity contribution in [2.45, 2.75) is 19.5 Å². The van der Waals surface area contributed by atoms with Crippen LogP contribution in [0.1, 0.15) is 32.7 Å². The molecule has 0 bridgehead atoms. The number of nitrogens with zero attached hydrogens (tertiary/aromatic N) is 1. The molecule has 0 amide bonds. The highest BCUT2D eigenvalue weighted by Crippen LogP contribution is 2.29. The van der Waals surface area contributed by atoms with Gasteiger partial charge in [-0.05, 0) is 17.7 Å². The van der Waals surface area contributed by atoms with Crippen molar-refractivity contribution in [3.8, 4) is 0 Å². The zero-order chi connectivity index (χ0) is 14.0. The molecule has 0 atom stereocenters. The molecule has 100 valence electrons. The van der Waals surface area contributed by atoms with Crippen molar-refractivity contribution >= 4 is 17.1 Å². The molecule has 0 saturated carbocycles.